The Morgan fingerprint density at radius 2 is 1.68 bits per heavy atom. The summed E-state index contributed by atoms with van der Waals surface area (Å²) in [5.74, 6) is 4.05. The largest absolute Gasteiger partial charge is 0.393 e. The Labute approximate surface area is 192 Å². The summed E-state index contributed by atoms with van der Waals surface area (Å²) in [4.78, 5) is 0. The van der Waals surface area contributed by atoms with E-state index in [9.17, 15) is 5.11 Å². The molecular formula is C29H50O2. The number of aliphatic hydroxyl groups excluding tert-OH is 1. The van der Waals surface area contributed by atoms with E-state index in [-0.39, 0.29) is 11.7 Å². The van der Waals surface area contributed by atoms with E-state index in [4.69, 9.17) is 4.74 Å². The number of hydrogen-bond donors (Lipinski definition) is 1. The van der Waals surface area contributed by atoms with Gasteiger partial charge >= 0.3 is 0 Å². The summed E-state index contributed by atoms with van der Waals surface area (Å²) in [6.45, 7) is 13.1. The lowest BCUT2D eigenvalue weighted by Crippen LogP contribution is -2.61. The minimum atomic E-state index is -0.129. The lowest BCUT2D eigenvalue weighted by atomic mass is 9.38. The topological polar surface area (TPSA) is 29.5 Å². The maximum Gasteiger partial charge on any atom is 0.0716 e. The second-order valence-corrected chi connectivity index (χ2v) is 13.3. The summed E-state index contributed by atoms with van der Waals surface area (Å²) >= 11 is 0. The van der Waals surface area contributed by atoms with Crippen molar-refractivity contribution in [1.82, 2.24) is 0 Å². The van der Waals surface area contributed by atoms with E-state index in [2.05, 4.69) is 34.6 Å². The number of ether oxygens (including phenoxy) is 1. The van der Waals surface area contributed by atoms with Crippen molar-refractivity contribution in [2.24, 2.45) is 45.8 Å². The molecule has 5 aliphatic carbocycles. The highest BCUT2D eigenvalue weighted by Crippen LogP contribution is 2.73. The van der Waals surface area contributed by atoms with Crippen LogP contribution in [0.25, 0.3) is 0 Å². The van der Waals surface area contributed by atoms with Gasteiger partial charge in [-0.05, 0) is 136 Å². The van der Waals surface area contributed by atoms with Crippen molar-refractivity contribution < 1.29 is 9.84 Å². The first-order chi connectivity index (χ1) is 14.8. The molecule has 0 spiro atoms. The molecule has 0 aromatic rings. The standard InChI is InChI=1S/C29H50O2/c1-6-18-31-29(21-8-9-21)17-16-27(5)24-13-15-28(7-2)23(20(3)30)10-11-25(28)22(24)12-14-26(27,4)19-29/h20-25,30H,6-19H2,1-5H3. The molecule has 0 aromatic carbocycles. The van der Waals surface area contributed by atoms with Gasteiger partial charge in [0.1, 0.15) is 0 Å². The van der Waals surface area contributed by atoms with E-state index < -0.39 is 0 Å². The molecule has 2 heteroatoms. The molecule has 9 unspecified atom stereocenters. The average molecular weight is 431 g/mol. The Morgan fingerprint density at radius 3 is 2.32 bits per heavy atom. The third-order valence-electron chi connectivity index (χ3n) is 12.4. The second-order valence-electron chi connectivity index (χ2n) is 13.3. The maximum absolute atomic E-state index is 10.6. The summed E-state index contributed by atoms with van der Waals surface area (Å²) in [5, 5.41) is 10.6. The Morgan fingerprint density at radius 1 is 0.903 bits per heavy atom. The van der Waals surface area contributed by atoms with E-state index in [0.29, 0.717) is 22.2 Å². The zero-order valence-corrected chi connectivity index (χ0v) is 21.2. The molecule has 1 N–H and O–H groups in total. The monoisotopic (exact) mass is 430 g/mol. The molecule has 0 aliphatic heterocycles. The van der Waals surface area contributed by atoms with Crippen LogP contribution >= 0.6 is 0 Å². The van der Waals surface area contributed by atoms with Gasteiger partial charge in [0.2, 0.25) is 0 Å². The molecule has 0 amide bonds. The number of fused-ring (bicyclic) bond motifs is 5. The molecule has 0 radical (unpaired) electrons. The van der Waals surface area contributed by atoms with Gasteiger partial charge in [-0.25, -0.2) is 0 Å². The first kappa shape index (κ1) is 22.7. The van der Waals surface area contributed by atoms with E-state index >= 15 is 0 Å². The van der Waals surface area contributed by atoms with Gasteiger partial charge in [0.15, 0.2) is 0 Å². The van der Waals surface area contributed by atoms with Gasteiger partial charge in [-0.15, -0.1) is 0 Å². The van der Waals surface area contributed by atoms with Crippen LogP contribution in [0, 0.1) is 45.8 Å². The predicted molar refractivity (Wildman–Crippen MR) is 128 cm³/mol. The summed E-state index contributed by atoms with van der Waals surface area (Å²) in [6, 6.07) is 0. The van der Waals surface area contributed by atoms with Crippen LogP contribution in [0.2, 0.25) is 0 Å². The molecule has 31 heavy (non-hydrogen) atoms. The Kier molecular flexibility index (Phi) is 5.66. The van der Waals surface area contributed by atoms with Crippen molar-refractivity contribution in [2.45, 2.75) is 130 Å². The zero-order valence-electron chi connectivity index (χ0n) is 21.2. The Bertz CT molecular complexity index is 670. The highest BCUT2D eigenvalue weighted by molar-refractivity contribution is 5.16. The summed E-state index contributed by atoms with van der Waals surface area (Å²) in [5.41, 5.74) is 1.55. The van der Waals surface area contributed by atoms with Crippen molar-refractivity contribution in [3.8, 4) is 0 Å². The van der Waals surface area contributed by atoms with Crippen LogP contribution in [-0.2, 0) is 4.74 Å². The molecule has 9 atom stereocenters. The molecule has 5 saturated carbocycles. The number of aliphatic hydroxyl groups is 1. The Hall–Kier alpha value is -0.0800. The van der Waals surface area contributed by atoms with Crippen LogP contribution in [0.3, 0.4) is 0 Å². The molecule has 5 rings (SSSR count). The fourth-order valence-corrected chi connectivity index (χ4v) is 10.5. The fraction of sp³-hybridized carbons (Fsp3) is 1.00. The average Bonchev–Trinajstić information content (AvgIpc) is 3.53. The number of rotatable bonds is 6. The van der Waals surface area contributed by atoms with Crippen LogP contribution in [0.5, 0.6) is 0 Å². The van der Waals surface area contributed by atoms with Crippen molar-refractivity contribution in [1.29, 1.82) is 0 Å². The molecular weight excluding hydrogens is 380 g/mol. The first-order valence-corrected chi connectivity index (χ1v) is 14.1. The smallest absolute Gasteiger partial charge is 0.0716 e. The molecule has 0 aromatic heterocycles. The minimum absolute atomic E-state index is 0.129. The van der Waals surface area contributed by atoms with Crippen molar-refractivity contribution in [2.75, 3.05) is 6.61 Å². The third kappa shape index (κ3) is 3.16. The van der Waals surface area contributed by atoms with E-state index in [1.54, 1.807) is 0 Å². The van der Waals surface area contributed by atoms with Crippen LogP contribution < -0.4 is 0 Å². The van der Waals surface area contributed by atoms with Gasteiger partial charge in [-0.1, -0.05) is 27.7 Å². The van der Waals surface area contributed by atoms with Crippen molar-refractivity contribution in [3.63, 3.8) is 0 Å². The van der Waals surface area contributed by atoms with E-state index in [1.165, 1.54) is 77.0 Å². The van der Waals surface area contributed by atoms with Crippen LogP contribution in [0.4, 0.5) is 0 Å². The molecule has 0 bridgehead atoms. The molecule has 178 valence electrons. The van der Waals surface area contributed by atoms with Crippen molar-refractivity contribution >= 4 is 0 Å². The third-order valence-corrected chi connectivity index (χ3v) is 12.4. The van der Waals surface area contributed by atoms with Gasteiger partial charge < -0.3 is 9.84 Å². The quantitative estimate of drug-likeness (QED) is 0.476. The minimum Gasteiger partial charge on any atom is -0.393 e. The van der Waals surface area contributed by atoms with Crippen LogP contribution in [-0.4, -0.2) is 23.4 Å². The van der Waals surface area contributed by atoms with Gasteiger partial charge in [0.25, 0.3) is 0 Å². The summed E-state index contributed by atoms with van der Waals surface area (Å²) in [6.07, 6.45) is 17.4. The van der Waals surface area contributed by atoms with Crippen molar-refractivity contribution in [3.05, 3.63) is 0 Å². The lowest BCUT2D eigenvalue weighted by molar-refractivity contribution is -0.214. The highest BCUT2D eigenvalue weighted by Gasteiger charge is 2.67. The summed E-state index contributed by atoms with van der Waals surface area (Å²) in [7, 11) is 0. The van der Waals surface area contributed by atoms with E-state index in [1.807, 2.05) is 0 Å². The maximum atomic E-state index is 10.6. The molecule has 0 saturated heterocycles. The first-order valence-electron chi connectivity index (χ1n) is 14.1. The summed E-state index contributed by atoms with van der Waals surface area (Å²) < 4.78 is 6.75. The molecule has 0 heterocycles. The van der Waals surface area contributed by atoms with Gasteiger partial charge in [-0.2, -0.15) is 0 Å². The second kappa shape index (κ2) is 7.72. The van der Waals surface area contributed by atoms with Gasteiger partial charge in [-0.3, -0.25) is 0 Å². The van der Waals surface area contributed by atoms with Crippen LogP contribution in [0.1, 0.15) is 118 Å². The molecule has 2 nitrogen and oxygen atoms in total. The predicted octanol–water partition coefficient (Wildman–Crippen LogP) is 7.38. The Balaban J connectivity index is 1.42. The SMILES string of the molecule is CCCOC1(C2CC2)CCC2(C)C3CCC4(CC)C(C(C)O)CCC4C3CCC2(C)C1. The fourth-order valence-electron chi connectivity index (χ4n) is 10.5. The molecule has 5 aliphatic rings. The van der Waals surface area contributed by atoms with E-state index in [0.717, 1.165) is 36.7 Å². The van der Waals surface area contributed by atoms with Gasteiger partial charge in [0, 0.05) is 6.61 Å². The normalized spacial score (nSPS) is 52.8. The van der Waals surface area contributed by atoms with Crippen LogP contribution in [0.15, 0.2) is 0 Å². The molecule has 5 fully saturated rings. The zero-order chi connectivity index (χ0) is 22.1. The lowest BCUT2D eigenvalue weighted by Gasteiger charge is -2.67. The van der Waals surface area contributed by atoms with Gasteiger partial charge in [0.05, 0.1) is 11.7 Å². The highest BCUT2D eigenvalue weighted by atomic mass is 16.5. The number of hydrogen-bond acceptors (Lipinski definition) is 2.